The van der Waals surface area contributed by atoms with E-state index >= 15 is 0 Å². The predicted molar refractivity (Wildman–Crippen MR) is 118 cm³/mol. The van der Waals surface area contributed by atoms with Gasteiger partial charge in [0.15, 0.2) is 0 Å². The van der Waals surface area contributed by atoms with Gasteiger partial charge in [-0.25, -0.2) is 0 Å². The van der Waals surface area contributed by atoms with Crippen LogP contribution >= 0.6 is 0 Å². The van der Waals surface area contributed by atoms with Gasteiger partial charge in [-0.05, 0) is 57.1 Å². The molecule has 0 heterocycles. The Bertz CT molecular complexity index is 764. The van der Waals surface area contributed by atoms with E-state index in [1.54, 1.807) is 0 Å². The lowest BCUT2D eigenvalue weighted by atomic mass is 9.96. The summed E-state index contributed by atoms with van der Waals surface area (Å²) in [7, 11) is 0. The number of esters is 1. The number of benzene rings is 2. The van der Waals surface area contributed by atoms with Crippen LogP contribution in [0.15, 0.2) is 71.8 Å². The summed E-state index contributed by atoms with van der Waals surface area (Å²) in [6, 6.07) is 20.5. The zero-order chi connectivity index (χ0) is 20.6. The standard InChI is InChI=1S/C26H33NO2/c1-4-29-26(28)25(17-24(20(2)3)23-15-16-23)27(18-21-11-7-5-8-12-21)19-22-13-9-6-10-14-22/h5-14,23,25H,4,15-19H2,1-3H3. The first-order valence-electron chi connectivity index (χ1n) is 10.7. The van der Waals surface area contributed by atoms with Crippen molar-refractivity contribution in [1.82, 2.24) is 4.90 Å². The van der Waals surface area contributed by atoms with Gasteiger partial charge >= 0.3 is 5.97 Å². The number of allylic oxidation sites excluding steroid dienone is 1. The van der Waals surface area contributed by atoms with E-state index in [2.05, 4.69) is 67.3 Å². The van der Waals surface area contributed by atoms with Gasteiger partial charge in [0.05, 0.1) is 6.61 Å². The van der Waals surface area contributed by atoms with Gasteiger partial charge in [-0.2, -0.15) is 0 Å². The van der Waals surface area contributed by atoms with E-state index in [-0.39, 0.29) is 12.0 Å². The Morgan fingerprint density at radius 1 is 0.966 bits per heavy atom. The molecule has 3 heteroatoms. The normalized spacial score (nSPS) is 14.5. The summed E-state index contributed by atoms with van der Waals surface area (Å²) in [6.45, 7) is 8.09. The number of ether oxygens (including phenoxy) is 1. The molecule has 0 aliphatic heterocycles. The van der Waals surface area contributed by atoms with Crippen molar-refractivity contribution in [2.24, 2.45) is 5.92 Å². The number of hydrogen-bond donors (Lipinski definition) is 0. The Hall–Kier alpha value is -2.39. The molecule has 0 N–H and O–H groups in total. The quantitative estimate of drug-likeness (QED) is 0.381. The maximum Gasteiger partial charge on any atom is 0.323 e. The molecule has 0 amide bonds. The summed E-state index contributed by atoms with van der Waals surface area (Å²) < 4.78 is 5.54. The minimum Gasteiger partial charge on any atom is -0.465 e. The third-order valence-electron chi connectivity index (χ3n) is 5.58. The Kier molecular flexibility index (Phi) is 7.65. The van der Waals surface area contributed by atoms with E-state index in [0.717, 1.165) is 19.5 Å². The minimum absolute atomic E-state index is 0.112. The van der Waals surface area contributed by atoms with Crippen LogP contribution in [0.5, 0.6) is 0 Å². The largest absolute Gasteiger partial charge is 0.465 e. The van der Waals surface area contributed by atoms with Crippen LogP contribution in [0.25, 0.3) is 0 Å². The van der Waals surface area contributed by atoms with Crippen LogP contribution in [0.2, 0.25) is 0 Å². The number of nitrogens with zero attached hydrogens (tertiary/aromatic N) is 1. The zero-order valence-electron chi connectivity index (χ0n) is 17.9. The van der Waals surface area contributed by atoms with Crippen LogP contribution in [0.1, 0.15) is 51.2 Å². The first-order chi connectivity index (χ1) is 14.1. The fourth-order valence-electron chi connectivity index (χ4n) is 3.93. The SMILES string of the molecule is CCOC(=O)C(CC(=C(C)C)C1CC1)N(Cc1ccccc1)Cc1ccccc1. The van der Waals surface area contributed by atoms with Crippen LogP contribution in [-0.2, 0) is 22.6 Å². The molecule has 2 aromatic rings. The summed E-state index contributed by atoms with van der Waals surface area (Å²) in [6.07, 6.45) is 3.24. The summed E-state index contributed by atoms with van der Waals surface area (Å²) in [5, 5.41) is 0. The highest BCUT2D eigenvalue weighted by Gasteiger charge is 2.34. The number of carbonyl (C=O) groups is 1. The molecular weight excluding hydrogens is 358 g/mol. The lowest BCUT2D eigenvalue weighted by molar-refractivity contribution is -0.150. The van der Waals surface area contributed by atoms with Gasteiger partial charge in [0.25, 0.3) is 0 Å². The molecule has 29 heavy (non-hydrogen) atoms. The zero-order valence-corrected chi connectivity index (χ0v) is 17.9. The molecule has 1 saturated carbocycles. The Balaban J connectivity index is 1.91. The van der Waals surface area contributed by atoms with Gasteiger partial charge in [0.1, 0.15) is 6.04 Å². The van der Waals surface area contributed by atoms with Crippen molar-refractivity contribution < 1.29 is 9.53 Å². The molecule has 1 aliphatic carbocycles. The molecule has 1 aliphatic rings. The lowest BCUT2D eigenvalue weighted by Gasteiger charge is -2.31. The van der Waals surface area contributed by atoms with Crippen LogP contribution in [0, 0.1) is 5.92 Å². The summed E-state index contributed by atoms with van der Waals surface area (Å²) in [5.74, 6) is 0.533. The second kappa shape index (κ2) is 10.4. The second-order valence-electron chi connectivity index (χ2n) is 8.15. The van der Waals surface area contributed by atoms with Crippen molar-refractivity contribution in [3.05, 3.63) is 82.9 Å². The van der Waals surface area contributed by atoms with E-state index in [4.69, 9.17) is 4.74 Å². The van der Waals surface area contributed by atoms with Crippen molar-refractivity contribution in [2.45, 2.75) is 59.2 Å². The molecule has 0 radical (unpaired) electrons. The fourth-order valence-corrected chi connectivity index (χ4v) is 3.93. The summed E-state index contributed by atoms with van der Waals surface area (Å²) >= 11 is 0. The third kappa shape index (κ3) is 6.30. The van der Waals surface area contributed by atoms with Crippen molar-refractivity contribution in [2.75, 3.05) is 6.61 Å². The maximum atomic E-state index is 13.1. The van der Waals surface area contributed by atoms with E-state index < -0.39 is 0 Å². The molecule has 1 fully saturated rings. The van der Waals surface area contributed by atoms with Crippen LogP contribution in [0.3, 0.4) is 0 Å². The van der Waals surface area contributed by atoms with Gasteiger partial charge in [-0.15, -0.1) is 0 Å². The van der Waals surface area contributed by atoms with E-state index in [1.165, 1.54) is 35.1 Å². The molecule has 154 valence electrons. The van der Waals surface area contributed by atoms with Crippen molar-refractivity contribution >= 4 is 5.97 Å². The van der Waals surface area contributed by atoms with Gasteiger partial charge in [-0.1, -0.05) is 71.8 Å². The predicted octanol–water partition coefficient (Wildman–Crippen LogP) is 5.76. The van der Waals surface area contributed by atoms with Crippen LogP contribution in [0.4, 0.5) is 0 Å². The fraction of sp³-hybridized carbons (Fsp3) is 0.423. The molecule has 0 saturated heterocycles. The molecule has 0 bridgehead atoms. The summed E-state index contributed by atoms with van der Waals surface area (Å²) in [5.41, 5.74) is 5.21. The van der Waals surface area contributed by atoms with E-state index in [0.29, 0.717) is 12.5 Å². The van der Waals surface area contributed by atoms with E-state index in [9.17, 15) is 4.79 Å². The molecule has 1 unspecified atom stereocenters. The van der Waals surface area contributed by atoms with E-state index in [1.807, 2.05) is 19.1 Å². The summed E-state index contributed by atoms with van der Waals surface area (Å²) in [4.78, 5) is 15.4. The number of hydrogen-bond acceptors (Lipinski definition) is 3. The average molecular weight is 392 g/mol. The monoisotopic (exact) mass is 391 g/mol. The number of rotatable bonds is 10. The molecule has 0 spiro atoms. The molecule has 2 aromatic carbocycles. The van der Waals surface area contributed by atoms with Gasteiger partial charge in [0.2, 0.25) is 0 Å². The molecular formula is C26H33NO2. The first-order valence-corrected chi connectivity index (χ1v) is 10.7. The highest BCUT2D eigenvalue weighted by Crippen LogP contribution is 2.41. The van der Waals surface area contributed by atoms with Crippen LogP contribution in [-0.4, -0.2) is 23.5 Å². The van der Waals surface area contributed by atoms with Crippen LogP contribution < -0.4 is 0 Å². The highest BCUT2D eigenvalue weighted by atomic mass is 16.5. The molecule has 3 rings (SSSR count). The average Bonchev–Trinajstić information content (AvgIpc) is 3.55. The van der Waals surface area contributed by atoms with Gasteiger partial charge in [-0.3, -0.25) is 9.69 Å². The van der Waals surface area contributed by atoms with Gasteiger partial charge < -0.3 is 4.74 Å². The Labute approximate surface area is 175 Å². The lowest BCUT2D eigenvalue weighted by Crippen LogP contribution is -2.42. The molecule has 0 aromatic heterocycles. The topological polar surface area (TPSA) is 29.5 Å². The Morgan fingerprint density at radius 2 is 1.48 bits per heavy atom. The third-order valence-corrected chi connectivity index (χ3v) is 5.58. The Morgan fingerprint density at radius 3 is 1.90 bits per heavy atom. The van der Waals surface area contributed by atoms with Crippen molar-refractivity contribution in [1.29, 1.82) is 0 Å². The number of carbonyl (C=O) groups excluding carboxylic acids is 1. The van der Waals surface area contributed by atoms with Crippen molar-refractivity contribution in [3.8, 4) is 0 Å². The molecule has 1 atom stereocenters. The van der Waals surface area contributed by atoms with Gasteiger partial charge in [0, 0.05) is 13.1 Å². The first kappa shape index (κ1) is 21.3. The highest BCUT2D eigenvalue weighted by molar-refractivity contribution is 5.76. The minimum atomic E-state index is -0.277. The second-order valence-corrected chi connectivity index (χ2v) is 8.15. The smallest absolute Gasteiger partial charge is 0.323 e. The molecule has 3 nitrogen and oxygen atoms in total. The van der Waals surface area contributed by atoms with Crippen molar-refractivity contribution in [3.63, 3.8) is 0 Å². The maximum absolute atomic E-state index is 13.1.